The summed E-state index contributed by atoms with van der Waals surface area (Å²) in [6.45, 7) is 3.07. The van der Waals surface area contributed by atoms with Crippen molar-refractivity contribution < 1.29 is 9.84 Å². The average Bonchev–Trinajstić information content (AvgIpc) is 2.58. The van der Waals surface area contributed by atoms with Crippen molar-refractivity contribution in [3.63, 3.8) is 0 Å². The summed E-state index contributed by atoms with van der Waals surface area (Å²) in [6.07, 6.45) is 9.45. The number of rotatable bonds is 7. The minimum atomic E-state index is -0.189. The molecule has 0 aromatic heterocycles. The van der Waals surface area contributed by atoms with Crippen molar-refractivity contribution in [2.75, 3.05) is 6.61 Å². The topological polar surface area (TPSA) is 29.5 Å². The Bertz CT molecular complexity index is 136. The zero-order valence-electron chi connectivity index (χ0n) is 9.37. The summed E-state index contributed by atoms with van der Waals surface area (Å²) in [5.41, 5.74) is 0. The van der Waals surface area contributed by atoms with Crippen LogP contribution in [0.4, 0.5) is 0 Å². The first-order valence-corrected chi connectivity index (χ1v) is 6.14. The number of ether oxygens (including phenoxy) is 1. The minimum Gasteiger partial charge on any atom is -0.390 e. The largest absolute Gasteiger partial charge is 0.390 e. The second-order valence-corrected chi connectivity index (χ2v) is 4.32. The fourth-order valence-corrected chi connectivity index (χ4v) is 2.04. The van der Waals surface area contributed by atoms with Crippen LogP contribution in [0.25, 0.3) is 0 Å². The summed E-state index contributed by atoms with van der Waals surface area (Å²) in [4.78, 5) is 0. The summed E-state index contributed by atoms with van der Waals surface area (Å²) in [7, 11) is 0. The highest BCUT2D eigenvalue weighted by molar-refractivity contribution is 4.76. The SMILES string of the molecule is CCCCCCCOC1CCCC1O. The summed E-state index contributed by atoms with van der Waals surface area (Å²) in [6, 6.07) is 0. The lowest BCUT2D eigenvalue weighted by Crippen LogP contribution is -2.23. The van der Waals surface area contributed by atoms with E-state index in [0.29, 0.717) is 0 Å². The van der Waals surface area contributed by atoms with Gasteiger partial charge in [-0.3, -0.25) is 0 Å². The van der Waals surface area contributed by atoms with Gasteiger partial charge in [-0.25, -0.2) is 0 Å². The van der Waals surface area contributed by atoms with E-state index in [0.717, 1.165) is 32.3 Å². The molecule has 1 aliphatic rings. The minimum absolute atomic E-state index is 0.140. The van der Waals surface area contributed by atoms with Crippen LogP contribution in [0.2, 0.25) is 0 Å². The van der Waals surface area contributed by atoms with Crippen molar-refractivity contribution in [1.82, 2.24) is 0 Å². The van der Waals surface area contributed by atoms with Crippen LogP contribution in [-0.2, 0) is 4.74 Å². The van der Waals surface area contributed by atoms with Crippen LogP contribution in [0.15, 0.2) is 0 Å². The molecular formula is C12H24O2. The lowest BCUT2D eigenvalue weighted by Gasteiger charge is -2.15. The number of aliphatic hydroxyl groups excluding tert-OH is 1. The molecule has 0 bridgehead atoms. The van der Waals surface area contributed by atoms with E-state index < -0.39 is 0 Å². The van der Waals surface area contributed by atoms with E-state index in [1.54, 1.807) is 0 Å². The maximum Gasteiger partial charge on any atom is 0.0833 e. The Hall–Kier alpha value is -0.0800. The summed E-state index contributed by atoms with van der Waals surface area (Å²) in [5, 5.41) is 9.50. The second-order valence-electron chi connectivity index (χ2n) is 4.32. The Morgan fingerprint density at radius 2 is 1.93 bits per heavy atom. The summed E-state index contributed by atoms with van der Waals surface area (Å²) >= 11 is 0. The van der Waals surface area contributed by atoms with E-state index in [1.165, 1.54) is 25.7 Å². The molecule has 84 valence electrons. The first-order chi connectivity index (χ1) is 6.84. The maximum absolute atomic E-state index is 9.50. The van der Waals surface area contributed by atoms with Crippen LogP contribution in [-0.4, -0.2) is 23.9 Å². The molecule has 2 unspecified atom stereocenters. The molecule has 0 radical (unpaired) electrons. The van der Waals surface area contributed by atoms with Gasteiger partial charge in [-0.2, -0.15) is 0 Å². The Morgan fingerprint density at radius 1 is 1.14 bits per heavy atom. The molecule has 0 aliphatic heterocycles. The Kier molecular flexibility index (Phi) is 6.20. The number of hydrogen-bond acceptors (Lipinski definition) is 2. The number of unbranched alkanes of at least 4 members (excludes halogenated alkanes) is 4. The molecule has 1 saturated carbocycles. The summed E-state index contributed by atoms with van der Waals surface area (Å²) < 4.78 is 5.65. The lowest BCUT2D eigenvalue weighted by molar-refractivity contribution is -0.0197. The van der Waals surface area contributed by atoms with Crippen molar-refractivity contribution in [2.24, 2.45) is 0 Å². The predicted molar refractivity (Wildman–Crippen MR) is 58.4 cm³/mol. The molecule has 0 aromatic carbocycles. The van der Waals surface area contributed by atoms with Crippen LogP contribution in [0.5, 0.6) is 0 Å². The van der Waals surface area contributed by atoms with Gasteiger partial charge in [-0.05, 0) is 25.7 Å². The second kappa shape index (κ2) is 7.24. The van der Waals surface area contributed by atoms with Gasteiger partial charge in [0.1, 0.15) is 0 Å². The molecule has 2 atom stereocenters. The fraction of sp³-hybridized carbons (Fsp3) is 1.00. The van der Waals surface area contributed by atoms with Crippen molar-refractivity contribution in [2.45, 2.75) is 70.5 Å². The highest BCUT2D eigenvalue weighted by atomic mass is 16.5. The van der Waals surface area contributed by atoms with Crippen LogP contribution in [0.3, 0.4) is 0 Å². The fourth-order valence-electron chi connectivity index (χ4n) is 2.04. The molecule has 1 N–H and O–H groups in total. The third kappa shape index (κ3) is 4.43. The first kappa shape index (κ1) is 12.0. The Balaban J connectivity index is 1.88. The molecule has 14 heavy (non-hydrogen) atoms. The summed E-state index contributed by atoms with van der Waals surface area (Å²) in [5.74, 6) is 0. The van der Waals surface area contributed by atoms with Crippen molar-refractivity contribution in [3.8, 4) is 0 Å². The smallest absolute Gasteiger partial charge is 0.0833 e. The lowest BCUT2D eigenvalue weighted by atomic mass is 10.2. The zero-order chi connectivity index (χ0) is 10.2. The zero-order valence-corrected chi connectivity index (χ0v) is 9.37. The molecule has 1 rings (SSSR count). The number of aliphatic hydroxyl groups is 1. The maximum atomic E-state index is 9.50. The highest BCUT2D eigenvalue weighted by Gasteiger charge is 2.25. The van der Waals surface area contributed by atoms with Gasteiger partial charge in [-0.1, -0.05) is 32.6 Å². The third-order valence-corrected chi connectivity index (χ3v) is 3.00. The van der Waals surface area contributed by atoms with Gasteiger partial charge < -0.3 is 9.84 Å². The average molecular weight is 200 g/mol. The molecule has 1 aliphatic carbocycles. The molecule has 0 spiro atoms. The normalized spacial score (nSPS) is 27.0. The van der Waals surface area contributed by atoms with Gasteiger partial charge in [0, 0.05) is 6.61 Å². The quantitative estimate of drug-likeness (QED) is 0.640. The molecule has 1 fully saturated rings. The standard InChI is InChI=1S/C12H24O2/c1-2-3-4-5-6-10-14-12-9-7-8-11(12)13/h11-13H,2-10H2,1H3. The van der Waals surface area contributed by atoms with Gasteiger partial charge in [0.05, 0.1) is 12.2 Å². The molecule has 0 saturated heterocycles. The van der Waals surface area contributed by atoms with Gasteiger partial charge in [0.15, 0.2) is 0 Å². The van der Waals surface area contributed by atoms with E-state index >= 15 is 0 Å². The number of hydrogen-bond donors (Lipinski definition) is 1. The van der Waals surface area contributed by atoms with E-state index in [-0.39, 0.29) is 12.2 Å². The molecule has 0 aromatic rings. The molecular weight excluding hydrogens is 176 g/mol. The Morgan fingerprint density at radius 3 is 2.57 bits per heavy atom. The van der Waals surface area contributed by atoms with E-state index in [2.05, 4.69) is 6.92 Å². The van der Waals surface area contributed by atoms with Crippen molar-refractivity contribution in [3.05, 3.63) is 0 Å². The van der Waals surface area contributed by atoms with Crippen LogP contribution in [0.1, 0.15) is 58.3 Å². The van der Waals surface area contributed by atoms with Gasteiger partial charge in [0.25, 0.3) is 0 Å². The molecule has 0 heterocycles. The molecule has 0 amide bonds. The van der Waals surface area contributed by atoms with Crippen LogP contribution >= 0.6 is 0 Å². The van der Waals surface area contributed by atoms with Gasteiger partial charge >= 0.3 is 0 Å². The molecule has 2 nitrogen and oxygen atoms in total. The highest BCUT2D eigenvalue weighted by Crippen LogP contribution is 2.22. The van der Waals surface area contributed by atoms with E-state index in [4.69, 9.17) is 4.74 Å². The Labute approximate surface area is 87.7 Å². The third-order valence-electron chi connectivity index (χ3n) is 3.00. The van der Waals surface area contributed by atoms with Crippen LogP contribution < -0.4 is 0 Å². The van der Waals surface area contributed by atoms with E-state index in [1.807, 2.05) is 0 Å². The van der Waals surface area contributed by atoms with Crippen LogP contribution in [0, 0.1) is 0 Å². The van der Waals surface area contributed by atoms with Crippen molar-refractivity contribution >= 4 is 0 Å². The van der Waals surface area contributed by atoms with Gasteiger partial charge in [-0.15, -0.1) is 0 Å². The molecule has 2 heteroatoms. The predicted octanol–water partition coefficient (Wildman–Crippen LogP) is 2.89. The van der Waals surface area contributed by atoms with Crippen molar-refractivity contribution in [1.29, 1.82) is 0 Å². The monoisotopic (exact) mass is 200 g/mol. The van der Waals surface area contributed by atoms with E-state index in [9.17, 15) is 5.11 Å². The van der Waals surface area contributed by atoms with Gasteiger partial charge in [0.2, 0.25) is 0 Å². The first-order valence-electron chi connectivity index (χ1n) is 6.14.